The highest BCUT2D eigenvalue weighted by Crippen LogP contribution is 2.47. The van der Waals surface area contributed by atoms with Crippen LogP contribution in [0.1, 0.15) is 33.9 Å². The summed E-state index contributed by atoms with van der Waals surface area (Å²) in [5.41, 5.74) is 5.52. The molecule has 2 aromatic carbocycles. The van der Waals surface area contributed by atoms with Gasteiger partial charge in [-0.05, 0) is 65.1 Å². The van der Waals surface area contributed by atoms with Crippen LogP contribution in [0.5, 0.6) is 0 Å². The van der Waals surface area contributed by atoms with Crippen molar-refractivity contribution in [1.29, 1.82) is 0 Å². The molecule has 0 bridgehead atoms. The second-order valence-corrected chi connectivity index (χ2v) is 9.53. The van der Waals surface area contributed by atoms with Crippen molar-refractivity contribution < 1.29 is 14.7 Å². The van der Waals surface area contributed by atoms with Gasteiger partial charge in [-0.15, -0.1) is 0 Å². The quantitative estimate of drug-likeness (QED) is 0.597. The number of benzene rings is 2. The van der Waals surface area contributed by atoms with E-state index >= 15 is 0 Å². The highest BCUT2D eigenvalue weighted by atomic mass is 16.3. The van der Waals surface area contributed by atoms with E-state index in [1.165, 1.54) is 0 Å². The summed E-state index contributed by atoms with van der Waals surface area (Å²) in [6.45, 7) is 0.678. The molecule has 5 rings (SSSR count). The lowest BCUT2D eigenvalue weighted by Crippen LogP contribution is -2.43. The largest absolute Gasteiger partial charge is 0.394 e. The van der Waals surface area contributed by atoms with Gasteiger partial charge in [0.1, 0.15) is 0 Å². The molecule has 3 atom stereocenters. The number of aliphatic hydroxyl groups excluding tert-OH is 1. The highest BCUT2D eigenvalue weighted by Gasteiger charge is 2.45. The van der Waals surface area contributed by atoms with Gasteiger partial charge in [-0.25, -0.2) is 0 Å². The van der Waals surface area contributed by atoms with Crippen LogP contribution in [0.25, 0.3) is 11.1 Å². The maximum Gasteiger partial charge on any atom is 0.253 e. The predicted molar refractivity (Wildman–Crippen MR) is 135 cm³/mol. The minimum absolute atomic E-state index is 0.0173. The molecule has 2 aliphatic heterocycles. The molecule has 0 radical (unpaired) electrons. The third-order valence-corrected chi connectivity index (χ3v) is 7.14. The lowest BCUT2D eigenvalue weighted by molar-refractivity contribution is -0.131. The molecule has 7 nitrogen and oxygen atoms in total. The number of anilines is 1. The molecule has 1 aromatic heterocycles. The summed E-state index contributed by atoms with van der Waals surface area (Å²) in [6.07, 6.45) is 4.57. The second kappa shape index (κ2) is 9.50. The van der Waals surface area contributed by atoms with E-state index in [1.807, 2.05) is 53.4 Å². The van der Waals surface area contributed by atoms with Gasteiger partial charge in [0.15, 0.2) is 0 Å². The van der Waals surface area contributed by atoms with E-state index in [9.17, 15) is 14.7 Å². The molecule has 0 aliphatic carbocycles. The first-order valence-corrected chi connectivity index (χ1v) is 12.0. The highest BCUT2D eigenvalue weighted by molar-refractivity contribution is 5.95. The van der Waals surface area contributed by atoms with Crippen LogP contribution in [-0.2, 0) is 11.2 Å². The summed E-state index contributed by atoms with van der Waals surface area (Å²) in [5.74, 6) is 0.170. The Kier molecular flexibility index (Phi) is 6.26. The number of aliphatic hydroxyl groups is 1. The Labute approximate surface area is 205 Å². The third-order valence-electron chi connectivity index (χ3n) is 7.14. The van der Waals surface area contributed by atoms with E-state index in [2.05, 4.69) is 16.4 Å². The fourth-order valence-corrected chi connectivity index (χ4v) is 5.39. The zero-order valence-electron chi connectivity index (χ0n) is 20.0. The van der Waals surface area contributed by atoms with Crippen LogP contribution < -0.4 is 5.32 Å². The smallest absolute Gasteiger partial charge is 0.253 e. The van der Waals surface area contributed by atoms with Crippen molar-refractivity contribution in [2.75, 3.05) is 32.6 Å². The summed E-state index contributed by atoms with van der Waals surface area (Å²) >= 11 is 0. The number of hydrogen-bond acceptors (Lipinski definition) is 5. The standard InChI is InChI=1S/C28H30N4O3/c1-31(2)28(35)21-5-3-4-19(15-21)20-6-7-24-23(16-20)27-22(25(17-33)30-24)10-13-32(27)26(34)14-18-8-11-29-12-9-18/h3-9,11-12,15-16,22,25,27,30,33H,10,13-14,17H2,1-2H3/t22-,25-,27-/m0/s1. The summed E-state index contributed by atoms with van der Waals surface area (Å²) in [5, 5.41) is 13.6. The number of amides is 2. The van der Waals surface area contributed by atoms with Crippen LogP contribution >= 0.6 is 0 Å². The van der Waals surface area contributed by atoms with Crippen molar-refractivity contribution in [3.63, 3.8) is 0 Å². The molecule has 0 spiro atoms. The molecule has 3 aromatic rings. The summed E-state index contributed by atoms with van der Waals surface area (Å²) < 4.78 is 0. The van der Waals surface area contributed by atoms with Crippen LogP contribution in [0.15, 0.2) is 67.0 Å². The van der Waals surface area contributed by atoms with Crippen LogP contribution in [0.3, 0.4) is 0 Å². The van der Waals surface area contributed by atoms with E-state index in [4.69, 9.17) is 0 Å². The lowest BCUT2D eigenvalue weighted by atomic mass is 9.82. The Bertz CT molecular complexity index is 1240. The molecular weight excluding hydrogens is 440 g/mol. The number of nitrogens with one attached hydrogen (secondary N) is 1. The molecule has 0 unspecified atom stereocenters. The molecule has 2 amide bonds. The number of fused-ring (bicyclic) bond motifs is 3. The van der Waals surface area contributed by atoms with Gasteiger partial charge in [-0.1, -0.05) is 18.2 Å². The number of carbonyl (C=O) groups is 2. The number of carbonyl (C=O) groups excluding carboxylic acids is 2. The van der Waals surface area contributed by atoms with Crippen molar-refractivity contribution in [1.82, 2.24) is 14.8 Å². The zero-order valence-corrected chi connectivity index (χ0v) is 20.0. The van der Waals surface area contributed by atoms with Crippen molar-refractivity contribution in [3.8, 4) is 11.1 Å². The molecule has 7 heteroatoms. The Balaban J connectivity index is 1.50. The molecule has 1 saturated heterocycles. The third kappa shape index (κ3) is 4.39. The Morgan fingerprint density at radius 3 is 2.60 bits per heavy atom. The van der Waals surface area contributed by atoms with Crippen molar-refractivity contribution in [3.05, 3.63) is 83.7 Å². The number of aromatic nitrogens is 1. The molecule has 2 aliphatic rings. The van der Waals surface area contributed by atoms with Gasteiger partial charge >= 0.3 is 0 Å². The molecule has 35 heavy (non-hydrogen) atoms. The zero-order chi connectivity index (χ0) is 24.5. The predicted octanol–water partition coefficient (Wildman–Crippen LogP) is 3.37. The maximum atomic E-state index is 13.4. The fourth-order valence-electron chi connectivity index (χ4n) is 5.39. The lowest BCUT2D eigenvalue weighted by Gasteiger charge is -2.39. The Morgan fingerprint density at radius 2 is 1.86 bits per heavy atom. The first-order chi connectivity index (χ1) is 17.0. The number of pyridine rings is 1. The van der Waals surface area contributed by atoms with Crippen LogP contribution in [0.2, 0.25) is 0 Å². The Morgan fingerprint density at radius 1 is 1.09 bits per heavy atom. The van der Waals surface area contributed by atoms with E-state index in [1.54, 1.807) is 31.4 Å². The van der Waals surface area contributed by atoms with E-state index in [-0.39, 0.29) is 36.4 Å². The normalized spacial score (nSPS) is 20.5. The van der Waals surface area contributed by atoms with Crippen molar-refractivity contribution >= 4 is 17.5 Å². The summed E-state index contributed by atoms with van der Waals surface area (Å²) in [7, 11) is 3.49. The van der Waals surface area contributed by atoms with Gasteiger partial charge in [-0.3, -0.25) is 14.6 Å². The van der Waals surface area contributed by atoms with Gasteiger partial charge in [0.25, 0.3) is 5.91 Å². The van der Waals surface area contributed by atoms with Gasteiger partial charge < -0.3 is 20.2 Å². The molecule has 0 saturated carbocycles. The van der Waals surface area contributed by atoms with Gasteiger partial charge in [0.05, 0.1) is 25.1 Å². The van der Waals surface area contributed by atoms with Crippen molar-refractivity contribution in [2.45, 2.75) is 24.9 Å². The topological polar surface area (TPSA) is 85.8 Å². The minimum Gasteiger partial charge on any atom is -0.394 e. The second-order valence-electron chi connectivity index (χ2n) is 9.53. The number of hydrogen-bond donors (Lipinski definition) is 2. The fraction of sp³-hybridized carbons (Fsp3) is 0.321. The first-order valence-electron chi connectivity index (χ1n) is 12.0. The van der Waals surface area contributed by atoms with E-state index < -0.39 is 0 Å². The number of rotatable bonds is 5. The molecule has 180 valence electrons. The number of likely N-dealkylation sites (tertiary alicyclic amines) is 1. The minimum atomic E-state index is -0.107. The summed E-state index contributed by atoms with van der Waals surface area (Å²) in [4.78, 5) is 33.5. The Hall–Kier alpha value is -3.71. The molecule has 1 fully saturated rings. The average molecular weight is 471 g/mol. The van der Waals surface area contributed by atoms with Crippen molar-refractivity contribution in [2.24, 2.45) is 5.92 Å². The van der Waals surface area contributed by atoms with Gasteiger partial charge in [-0.2, -0.15) is 0 Å². The van der Waals surface area contributed by atoms with Gasteiger partial charge in [0, 0.05) is 50.2 Å². The van der Waals surface area contributed by atoms with Crippen LogP contribution in [-0.4, -0.2) is 65.0 Å². The summed E-state index contributed by atoms with van der Waals surface area (Å²) in [6, 6.07) is 17.4. The van der Waals surface area contributed by atoms with E-state index in [0.29, 0.717) is 18.5 Å². The molecule has 2 N–H and O–H groups in total. The monoisotopic (exact) mass is 470 g/mol. The number of nitrogens with zero attached hydrogens (tertiary/aromatic N) is 3. The van der Waals surface area contributed by atoms with Crippen LogP contribution in [0.4, 0.5) is 5.69 Å². The van der Waals surface area contributed by atoms with Gasteiger partial charge in [0.2, 0.25) is 5.91 Å². The van der Waals surface area contributed by atoms with Crippen LogP contribution in [0, 0.1) is 5.92 Å². The maximum absolute atomic E-state index is 13.4. The average Bonchev–Trinajstić information content (AvgIpc) is 3.34. The molecular formula is C28H30N4O3. The first kappa shape index (κ1) is 23.1. The van der Waals surface area contributed by atoms with E-state index in [0.717, 1.165) is 34.4 Å². The SMILES string of the molecule is CN(C)C(=O)c1cccc(-c2ccc3c(c2)[C@@H]2[C@@H](CCN2C(=O)Cc2ccncc2)[C@H](CO)N3)c1. The molecule has 3 heterocycles.